The van der Waals surface area contributed by atoms with E-state index in [4.69, 9.17) is 5.10 Å². The number of aryl methyl sites for hydroxylation is 1. The average Bonchev–Trinajstić information content (AvgIpc) is 3.51. The first-order valence-corrected chi connectivity index (χ1v) is 11.2. The molecular weight excluding hydrogens is 364 g/mol. The van der Waals surface area contributed by atoms with Gasteiger partial charge in [0.15, 0.2) is 0 Å². The lowest BCUT2D eigenvalue weighted by molar-refractivity contribution is -0.130. The van der Waals surface area contributed by atoms with E-state index in [1.165, 1.54) is 5.69 Å². The molecule has 4 rings (SSSR count). The Kier molecular flexibility index (Phi) is 6.33. The molecule has 2 aromatic rings. The number of aromatic nitrogens is 4. The molecule has 0 saturated carbocycles. The van der Waals surface area contributed by atoms with Crippen molar-refractivity contribution in [1.29, 1.82) is 0 Å². The van der Waals surface area contributed by atoms with Gasteiger partial charge in [-0.05, 0) is 51.3 Å². The van der Waals surface area contributed by atoms with Gasteiger partial charge in [0.1, 0.15) is 0 Å². The SMILES string of the molecule is CCCn1ccc(C2CCN(C(=O)CCC(C)n3ccc(C4CCNC4)n3)C2)n1. The summed E-state index contributed by atoms with van der Waals surface area (Å²) < 4.78 is 4.05. The summed E-state index contributed by atoms with van der Waals surface area (Å²) in [4.78, 5) is 14.8. The zero-order valence-electron chi connectivity index (χ0n) is 17.8. The maximum Gasteiger partial charge on any atom is 0.222 e. The van der Waals surface area contributed by atoms with Gasteiger partial charge in [0.2, 0.25) is 5.91 Å². The Labute approximate surface area is 173 Å². The molecule has 7 nitrogen and oxygen atoms in total. The van der Waals surface area contributed by atoms with Gasteiger partial charge in [0.25, 0.3) is 0 Å². The van der Waals surface area contributed by atoms with Gasteiger partial charge in [-0.1, -0.05) is 6.92 Å². The number of carbonyl (C=O) groups excluding carboxylic acids is 1. The van der Waals surface area contributed by atoms with Crippen molar-refractivity contribution in [1.82, 2.24) is 29.8 Å². The zero-order valence-corrected chi connectivity index (χ0v) is 17.8. The van der Waals surface area contributed by atoms with Crippen LogP contribution in [0.15, 0.2) is 24.5 Å². The summed E-state index contributed by atoms with van der Waals surface area (Å²) >= 11 is 0. The van der Waals surface area contributed by atoms with Gasteiger partial charge in [-0.2, -0.15) is 10.2 Å². The molecule has 2 aliphatic rings. The highest BCUT2D eigenvalue weighted by atomic mass is 16.2. The highest BCUT2D eigenvalue weighted by molar-refractivity contribution is 5.76. The van der Waals surface area contributed by atoms with Crippen molar-refractivity contribution < 1.29 is 4.79 Å². The first-order valence-electron chi connectivity index (χ1n) is 11.2. The second-order valence-corrected chi connectivity index (χ2v) is 8.63. The van der Waals surface area contributed by atoms with Gasteiger partial charge in [0, 0.05) is 62.9 Å². The molecule has 2 saturated heterocycles. The molecule has 0 aromatic carbocycles. The number of nitrogens with one attached hydrogen (secondary N) is 1. The van der Waals surface area contributed by atoms with Gasteiger partial charge >= 0.3 is 0 Å². The molecule has 0 aliphatic carbocycles. The molecule has 4 heterocycles. The lowest BCUT2D eigenvalue weighted by Gasteiger charge is -2.18. The van der Waals surface area contributed by atoms with E-state index in [-0.39, 0.29) is 11.9 Å². The van der Waals surface area contributed by atoms with E-state index >= 15 is 0 Å². The molecule has 0 bridgehead atoms. The van der Waals surface area contributed by atoms with E-state index in [0.29, 0.717) is 18.3 Å². The van der Waals surface area contributed by atoms with E-state index in [1.54, 1.807) is 0 Å². The number of hydrogen-bond donors (Lipinski definition) is 1. The van der Waals surface area contributed by atoms with Crippen LogP contribution in [0, 0.1) is 0 Å². The van der Waals surface area contributed by atoms with E-state index < -0.39 is 0 Å². The standard InChI is InChI=1S/C22H34N6O/c1-3-11-27-13-8-21(24-27)19-7-12-26(16-19)22(29)5-4-17(2)28-14-9-20(25-28)18-6-10-23-15-18/h8-9,13-14,17-19,23H,3-7,10-12,15-16H2,1-2H3. The minimum Gasteiger partial charge on any atom is -0.342 e. The topological polar surface area (TPSA) is 68.0 Å². The Morgan fingerprint density at radius 3 is 2.83 bits per heavy atom. The lowest BCUT2D eigenvalue weighted by Crippen LogP contribution is -2.28. The summed E-state index contributed by atoms with van der Waals surface area (Å²) in [5, 5.41) is 12.9. The van der Waals surface area contributed by atoms with Crippen LogP contribution in [0.25, 0.3) is 0 Å². The number of rotatable bonds is 8. The van der Waals surface area contributed by atoms with Gasteiger partial charge in [-0.3, -0.25) is 14.2 Å². The molecule has 1 amide bonds. The Bertz CT molecular complexity index is 806. The minimum absolute atomic E-state index is 0.241. The van der Waals surface area contributed by atoms with Crippen molar-refractivity contribution in [3.05, 3.63) is 35.9 Å². The third kappa shape index (κ3) is 4.71. The van der Waals surface area contributed by atoms with Crippen LogP contribution >= 0.6 is 0 Å². The normalized spacial score (nSPS) is 23.0. The van der Waals surface area contributed by atoms with E-state index in [9.17, 15) is 4.79 Å². The molecule has 0 spiro atoms. The molecule has 7 heteroatoms. The number of amides is 1. The number of hydrogen-bond acceptors (Lipinski definition) is 4. The fourth-order valence-electron chi connectivity index (χ4n) is 4.52. The third-order valence-corrected chi connectivity index (χ3v) is 6.41. The first-order chi connectivity index (χ1) is 14.1. The minimum atomic E-state index is 0.241. The van der Waals surface area contributed by atoms with Crippen LogP contribution in [0.4, 0.5) is 0 Å². The third-order valence-electron chi connectivity index (χ3n) is 6.41. The second kappa shape index (κ2) is 9.11. The van der Waals surface area contributed by atoms with Crippen LogP contribution in [0.2, 0.25) is 0 Å². The maximum atomic E-state index is 12.7. The molecule has 29 heavy (non-hydrogen) atoms. The van der Waals surface area contributed by atoms with Crippen molar-refractivity contribution in [2.45, 2.75) is 70.4 Å². The second-order valence-electron chi connectivity index (χ2n) is 8.63. The molecule has 3 atom stereocenters. The number of likely N-dealkylation sites (tertiary alicyclic amines) is 1. The molecule has 3 unspecified atom stereocenters. The molecular formula is C22H34N6O. The summed E-state index contributed by atoms with van der Waals surface area (Å²) in [6, 6.07) is 4.50. The smallest absolute Gasteiger partial charge is 0.222 e. The zero-order chi connectivity index (χ0) is 20.2. The summed E-state index contributed by atoms with van der Waals surface area (Å²) in [6.07, 6.45) is 8.81. The average molecular weight is 399 g/mol. The molecule has 1 N–H and O–H groups in total. The summed E-state index contributed by atoms with van der Waals surface area (Å²) in [7, 11) is 0. The molecule has 2 fully saturated rings. The Morgan fingerprint density at radius 2 is 2.03 bits per heavy atom. The van der Waals surface area contributed by atoms with Crippen molar-refractivity contribution in [2.75, 3.05) is 26.2 Å². The van der Waals surface area contributed by atoms with Crippen LogP contribution in [0.3, 0.4) is 0 Å². The van der Waals surface area contributed by atoms with Gasteiger partial charge in [-0.25, -0.2) is 0 Å². The van der Waals surface area contributed by atoms with E-state index in [0.717, 1.165) is 64.1 Å². The van der Waals surface area contributed by atoms with Gasteiger partial charge in [0.05, 0.1) is 11.4 Å². The quantitative estimate of drug-likeness (QED) is 0.742. The highest BCUT2D eigenvalue weighted by Gasteiger charge is 2.29. The maximum absolute atomic E-state index is 12.7. The Morgan fingerprint density at radius 1 is 1.21 bits per heavy atom. The molecule has 2 aliphatic heterocycles. The fourth-order valence-corrected chi connectivity index (χ4v) is 4.52. The van der Waals surface area contributed by atoms with Crippen LogP contribution in [-0.4, -0.2) is 56.5 Å². The summed E-state index contributed by atoms with van der Waals surface area (Å²) in [6.45, 7) is 9.03. The monoisotopic (exact) mass is 398 g/mol. The predicted molar refractivity (Wildman–Crippen MR) is 113 cm³/mol. The highest BCUT2D eigenvalue weighted by Crippen LogP contribution is 2.27. The predicted octanol–water partition coefficient (Wildman–Crippen LogP) is 2.92. The lowest BCUT2D eigenvalue weighted by atomic mass is 10.1. The van der Waals surface area contributed by atoms with Crippen LogP contribution in [0.5, 0.6) is 0 Å². The van der Waals surface area contributed by atoms with Gasteiger partial charge in [-0.15, -0.1) is 0 Å². The van der Waals surface area contributed by atoms with E-state index in [1.807, 2.05) is 14.3 Å². The van der Waals surface area contributed by atoms with Gasteiger partial charge < -0.3 is 10.2 Å². The van der Waals surface area contributed by atoms with Crippen molar-refractivity contribution in [3.63, 3.8) is 0 Å². The molecule has 0 radical (unpaired) electrons. The number of carbonyl (C=O) groups is 1. The summed E-state index contributed by atoms with van der Waals surface area (Å²) in [5.74, 6) is 1.18. The van der Waals surface area contributed by atoms with E-state index in [2.05, 4.69) is 48.8 Å². The Balaban J connectivity index is 1.25. The largest absolute Gasteiger partial charge is 0.342 e. The van der Waals surface area contributed by atoms with Crippen molar-refractivity contribution in [3.8, 4) is 0 Å². The summed E-state index contributed by atoms with van der Waals surface area (Å²) in [5.41, 5.74) is 2.31. The Hall–Kier alpha value is -2.15. The van der Waals surface area contributed by atoms with Crippen molar-refractivity contribution in [2.24, 2.45) is 0 Å². The van der Waals surface area contributed by atoms with Crippen LogP contribution in [0.1, 0.15) is 75.2 Å². The molecule has 158 valence electrons. The van der Waals surface area contributed by atoms with Crippen molar-refractivity contribution >= 4 is 5.91 Å². The van der Waals surface area contributed by atoms with Crippen LogP contribution in [-0.2, 0) is 11.3 Å². The fraction of sp³-hybridized carbons (Fsp3) is 0.682. The van der Waals surface area contributed by atoms with Crippen LogP contribution < -0.4 is 5.32 Å². The number of nitrogens with zero attached hydrogens (tertiary/aromatic N) is 5. The molecule has 2 aromatic heterocycles. The first kappa shape index (κ1) is 20.1.